The number of ketones is 1. The maximum atomic E-state index is 13.4. The summed E-state index contributed by atoms with van der Waals surface area (Å²) in [6.07, 6.45) is 3.24. The molecule has 2 unspecified atom stereocenters. The van der Waals surface area contributed by atoms with Gasteiger partial charge in [0.25, 0.3) is 0 Å². The molecule has 2 aliphatic rings. The molecule has 0 spiro atoms. The van der Waals surface area contributed by atoms with E-state index in [0.717, 1.165) is 6.42 Å². The van der Waals surface area contributed by atoms with Crippen LogP contribution in [0.3, 0.4) is 0 Å². The normalized spacial score (nSPS) is 28.7. The van der Waals surface area contributed by atoms with Crippen molar-refractivity contribution in [3.8, 4) is 0 Å². The Labute approximate surface area is 261 Å². The number of ether oxygens (including phenoxy) is 2. The summed E-state index contributed by atoms with van der Waals surface area (Å²) in [4.78, 5) is 13.4. The predicted molar refractivity (Wildman–Crippen MR) is 178 cm³/mol. The molecule has 0 saturated carbocycles. The van der Waals surface area contributed by atoms with Crippen LogP contribution in [0.1, 0.15) is 95.4 Å². The Morgan fingerprint density at radius 1 is 1.02 bits per heavy atom. The maximum Gasteiger partial charge on any atom is 0.349 e. The second kappa shape index (κ2) is 13.6. The topological polar surface area (TPSA) is 63.2 Å². The Morgan fingerprint density at radius 3 is 2.08 bits per heavy atom. The molecule has 7 atom stereocenters. The number of Topliss-reactive ketones (excluding diaryl/α,β-unsaturated/α-hetero) is 1. The standard InChI is InChI=1S/C31H59IO6Si2/c1-21(24(15-16-32)37-39(13,14)29(3,4)5)17-23(33)18-22(2)28-26(34-12)19-25-27(36-28)20-35-40(38-25,30(6,7)8)31(9,10)11/h15-16,21-22,24-28H,17-20H2,1-14H3/b16-15+/t21-,22-,24+,25+,26-,27?,28?/m0/s1. The average Bonchev–Trinajstić information content (AvgIpc) is 2.79. The molecule has 0 aliphatic carbocycles. The zero-order valence-electron chi connectivity index (χ0n) is 27.9. The van der Waals surface area contributed by atoms with Gasteiger partial charge in [0.1, 0.15) is 11.9 Å². The Morgan fingerprint density at radius 2 is 1.60 bits per heavy atom. The molecule has 2 saturated heterocycles. The van der Waals surface area contributed by atoms with E-state index in [-0.39, 0.29) is 63.3 Å². The smallest absolute Gasteiger partial charge is 0.349 e. The first-order chi connectivity index (χ1) is 18.1. The van der Waals surface area contributed by atoms with Gasteiger partial charge in [0.15, 0.2) is 8.32 Å². The van der Waals surface area contributed by atoms with Gasteiger partial charge in [-0.25, -0.2) is 0 Å². The van der Waals surface area contributed by atoms with Gasteiger partial charge in [-0.05, 0) is 34.1 Å². The SMILES string of the molecule is CO[C@H]1C[C@H]2O[Si](C(C)(C)C)(C(C)(C)C)OCC2OC1[C@@H](C)CC(=O)C[C@H](C)[C@@H](/C=C/I)O[Si](C)(C)C(C)(C)C. The van der Waals surface area contributed by atoms with Crippen LogP contribution < -0.4 is 0 Å². The van der Waals surface area contributed by atoms with Crippen molar-refractivity contribution < 1.29 is 27.5 Å². The highest BCUT2D eigenvalue weighted by molar-refractivity contribution is 14.1. The Hall–Kier alpha value is 0.374. The van der Waals surface area contributed by atoms with E-state index in [9.17, 15) is 4.79 Å². The van der Waals surface area contributed by atoms with Crippen molar-refractivity contribution in [1.82, 2.24) is 0 Å². The van der Waals surface area contributed by atoms with E-state index in [0.29, 0.717) is 19.4 Å². The van der Waals surface area contributed by atoms with E-state index in [1.807, 2.05) is 4.08 Å². The second-order valence-electron chi connectivity index (χ2n) is 15.8. The molecule has 2 heterocycles. The van der Waals surface area contributed by atoms with Crippen LogP contribution in [-0.4, -0.2) is 66.9 Å². The van der Waals surface area contributed by atoms with E-state index >= 15 is 0 Å². The van der Waals surface area contributed by atoms with E-state index < -0.39 is 16.9 Å². The molecule has 0 N–H and O–H groups in total. The number of hydrogen-bond donors (Lipinski definition) is 0. The van der Waals surface area contributed by atoms with Gasteiger partial charge in [0.2, 0.25) is 0 Å². The van der Waals surface area contributed by atoms with Gasteiger partial charge in [-0.2, -0.15) is 0 Å². The quantitative estimate of drug-likeness (QED) is 0.167. The van der Waals surface area contributed by atoms with Crippen molar-refractivity contribution in [2.75, 3.05) is 13.7 Å². The lowest BCUT2D eigenvalue weighted by Gasteiger charge is -2.57. The van der Waals surface area contributed by atoms with Crippen LogP contribution in [0.2, 0.25) is 28.2 Å². The molecular formula is C31H59IO6Si2. The summed E-state index contributed by atoms with van der Waals surface area (Å²) >= 11 is 2.24. The van der Waals surface area contributed by atoms with E-state index in [1.54, 1.807) is 7.11 Å². The zero-order chi connectivity index (χ0) is 30.9. The van der Waals surface area contributed by atoms with Crippen molar-refractivity contribution in [2.45, 2.75) is 154 Å². The molecule has 0 bridgehead atoms. The molecule has 0 aromatic rings. The van der Waals surface area contributed by atoms with Crippen LogP contribution >= 0.6 is 22.6 Å². The molecule has 2 fully saturated rings. The summed E-state index contributed by atoms with van der Waals surface area (Å²) in [5.74, 6) is 0.372. The number of rotatable bonds is 10. The van der Waals surface area contributed by atoms with Crippen molar-refractivity contribution >= 4 is 45.3 Å². The van der Waals surface area contributed by atoms with Crippen LogP contribution in [-0.2, 0) is 27.5 Å². The molecule has 0 radical (unpaired) electrons. The second-order valence-corrected chi connectivity index (χ2v) is 26.0. The first-order valence-electron chi connectivity index (χ1n) is 15.1. The van der Waals surface area contributed by atoms with Gasteiger partial charge < -0.3 is 22.8 Å². The van der Waals surface area contributed by atoms with Gasteiger partial charge in [-0.3, -0.25) is 4.79 Å². The Balaban J connectivity index is 2.08. The summed E-state index contributed by atoms with van der Waals surface area (Å²) in [7, 11) is -2.80. The van der Waals surface area contributed by atoms with Crippen LogP contribution in [0, 0.1) is 11.8 Å². The summed E-state index contributed by atoms with van der Waals surface area (Å²) in [5, 5.41) is -0.0439. The van der Waals surface area contributed by atoms with Crippen LogP contribution in [0.25, 0.3) is 0 Å². The molecule has 9 heteroatoms. The first-order valence-corrected chi connectivity index (χ1v) is 21.0. The first kappa shape index (κ1) is 36.6. The number of hydrogen-bond acceptors (Lipinski definition) is 6. The number of carbonyl (C=O) groups is 1. The molecule has 6 nitrogen and oxygen atoms in total. The number of halogens is 1. The Bertz CT molecular complexity index is 859. The molecule has 0 aromatic carbocycles. The molecule has 0 aromatic heterocycles. The highest BCUT2D eigenvalue weighted by Gasteiger charge is 2.63. The summed E-state index contributed by atoms with van der Waals surface area (Å²) in [5.41, 5.74) is 0. The van der Waals surface area contributed by atoms with Crippen molar-refractivity contribution in [3.63, 3.8) is 0 Å². The molecule has 0 amide bonds. The fraction of sp³-hybridized carbons (Fsp3) is 0.903. The summed E-state index contributed by atoms with van der Waals surface area (Å²) in [6.45, 7) is 29.5. The van der Waals surface area contributed by atoms with Gasteiger partial charge in [-0.15, -0.1) is 0 Å². The van der Waals surface area contributed by atoms with Gasteiger partial charge in [0, 0.05) is 36.4 Å². The van der Waals surface area contributed by atoms with Gasteiger partial charge in [0.05, 0.1) is 31.0 Å². The zero-order valence-corrected chi connectivity index (χ0v) is 32.0. The molecule has 2 rings (SSSR count). The van der Waals surface area contributed by atoms with Crippen LogP contribution in [0.15, 0.2) is 10.2 Å². The van der Waals surface area contributed by atoms with Crippen LogP contribution in [0.4, 0.5) is 0 Å². The Kier molecular flexibility index (Phi) is 12.4. The third-order valence-corrected chi connectivity index (χ3v) is 19.4. The number of fused-ring (bicyclic) bond motifs is 1. The average molecular weight is 711 g/mol. The van der Waals surface area contributed by atoms with Crippen molar-refractivity contribution in [1.29, 1.82) is 0 Å². The van der Waals surface area contributed by atoms with E-state index in [4.69, 9.17) is 22.8 Å². The van der Waals surface area contributed by atoms with Gasteiger partial charge >= 0.3 is 8.56 Å². The minimum absolute atomic E-state index is 0.0274. The molecule has 2 aliphatic heterocycles. The highest BCUT2D eigenvalue weighted by Crippen LogP contribution is 2.55. The third-order valence-electron chi connectivity index (χ3n) is 9.34. The minimum atomic E-state index is -2.58. The lowest BCUT2D eigenvalue weighted by Crippen LogP contribution is -2.67. The van der Waals surface area contributed by atoms with Gasteiger partial charge in [-0.1, -0.05) is 105 Å². The minimum Gasteiger partial charge on any atom is -0.410 e. The lowest BCUT2D eigenvalue weighted by atomic mass is 9.86. The van der Waals surface area contributed by atoms with Crippen molar-refractivity contribution in [2.24, 2.45) is 11.8 Å². The van der Waals surface area contributed by atoms with E-state index in [2.05, 4.69) is 118 Å². The molecule has 234 valence electrons. The maximum absolute atomic E-state index is 13.4. The summed E-state index contributed by atoms with van der Waals surface area (Å²) in [6, 6.07) is 0. The number of methoxy groups -OCH3 is 1. The summed E-state index contributed by atoms with van der Waals surface area (Å²) < 4.78 is 34.9. The fourth-order valence-corrected chi connectivity index (χ4v) is 12.9. The molecule has 40 heavy (non-hydrogen) atoms. The lowest BCUT2D eigenvalue weighted by molar-refractivity contribution is -0.216. The van der Waals surface area contributed by atoms with Crippen LogP contribution in [0.5, 0.6) is 0 Å². The van der Waals surface area contributed by atoms with E-state index in [1.165, 1.54) is 0 Å². The largest absolute Gasteiger partial charge is 0.410 e. The molecular weight excluding hydrogens is 651 g/mol. The fourth-order valence-electron chi connectivity index (χ4n) is 6.22. The predicted octanol–water partition coefficient (Wildman–Crippen LogP) is 8.58. The third kappa shape index (κ3) is 8.30. The number of carbonyl (C=O) groups excluding carboxylic acids is 1. The monoisotopic (exact) mass is 710 g/mol. The van der Waals surface area contributed by atoms with Crippen molar-refractivity contribution in [3.05, 3.63) is 10.2 Å². The highest BCUT2D eigenvalue weighted by atomic mass is 127.